The quantitative estimate of drug-likeness (QED) is 0.866. The zero-order valence-corrected chi connectivity index (χ0v) is 15.2. The zero-order valence-electron chi connectivity index (χ0n) is 14.4. The van der Waals surface area contributed by atoms with Crippen molar-refractivity contribution >= 4 is 27.1 Å². The maximum Gasteiger partial charge on any atom is 0.274 e. The molecule has 1 unspecified atom stereocenters. The van der Waals surface area contributed by atoms with Crippen LogP contribution < -0.4 is 10.2 Å². The van der Waals surface area contributed by atoms with Crippen molar-refractivity contribution in [1.29, 1.82) is 0 Å². The predicted octanol–water partition coefficient (Wildman–Crippen LogP) is 2.49. The molecular weight excluding hydrogens is 357 g/mol. The molecule has 26 heavy (non-hydrogen) atoms. The third-order valence-electron chi connectivity index (χ3n) is 4.42. The van der Waals surface area contributed by atoms with Crippen molar-refractivity contribution in [1.82, 2.24) is 4.98 Å². The fourth-order valence-electron chi connectivity index (χ4n) is 3.11. The van der Waals surface area contributed by atoms with Gasteiger partial charge in [-0.05, 0) is 37.6 Å². The number of nitrogens with one attached hydrogen (secondary N) is 1. The Morgan fingerprint density at radius 3 is 2.65 bits per heavy atom. The van der Waals surface area contributed by atoms with Gasteiger partial charge >= 0.3 is 0 Å². The van der Waals surface area contributed by atoms with Gasteiger partial charge < -0.3 is 10.2 Å². The van der Waals surface area contributed by atoms with Gasteiger partial charge in [-0.2, -0.15) is 0 Å². The number of benzene rings is 1. The standard InChI is InChI=1S/C18H20FN3O3S/c1-2-22(14-9-10-26(24,25)12-14)13-7-8-17(20-11-13)18(23)21-16-6-4-3-5-15(16)19/h3-8,11,14H,2,9-10,12H2,1H3,(H,21,23). The van der Waals surface area contributed by atoms with Crippen LogP contribution in [-0.2, 0) is 9.84 Å². The van der Waals surface area contributed by atoms with Gasteiger partial charge in [0.05, 0.1) is 29.1 Å². The highest BCUT2D eigenvalue weighted by Crippen LogP contribution is 2.24. The summed E-state index contributed by atoms with van der Waals surface area (Å²) < 4.78 is 37.0. The Balaban J connectivity index is 1.73. The molecule has 0 aliphatic carbocycles. The van der Waals surface area contributed by atoms with Gasteiger partial charge in [-0.1, -0.05) is 12.1 Å². The summed E-state index contributed by atoms with van der Waals surface area (Å²) >= 11 is 0. The first kappa shape index (κ1) is 18.3. The predicted molar refractivity (Wildman–Crippen MR) is 98.7 cm³/mol. The lowest BCUT2D eigenvalue weighted by Crippen LogP contribution is -2.36. The maximum absolute atomic E-state index is 13.6. The van der Waals surface area contributed by atoms with Crippen LogP contribution in [0.15, 0.2) is 42.6 Å². The lowest BCUT2D eigenvalue weighted by atomic mass is 10.2. The number of para-hydroxylation sites is 1. The van der Waals surface area contributed by atoms with Gasteiger partial charge in [0, 0.05) is 12.6 Å². The SMILES string of the molecule is CCN(c1ccc(C(=O)Nc2ccccc2F)nc1)C1CCS(=O)(=O)C1. The minimum atomic E-state index is -2.98. The minimum Gasteiger partial charge on any atom is -0.367 e. The maximum atomic E-state index is 13.6. The Hall–Kier alpha value is -2.48. The highest BCUT2D eigenvalue weighted by molar-refractivity contribution is 7.91. The van der Waals surface area contributed by atoms with E-state index in [0.717, 1.165) is 5.69 Å². The smallest absolute Gasteiger partial charge is 0.274 e. The zero-order chi connectivity index (χ0) is 18.7. The molecule has 8 heteroatoms. The molecule has 0 saturated carbocycles. The van der Waals surface area contributed by atoms with E-state index in [4.69, 9.17) is 0 Å². The number of rotatable bonds is 5. The van der Waals surface area contributed by atoms with E-state index in [2.05, 4.69) is 10.3 Å². The number of hydrogen-bond acceptors (Lipinski definition) is 5. The molecule has 1 aromatic carbocycles. The molecule has 0 spiro atoms. The summed E-state index contributed by atoms with van der Waals surface area (Å²) in [5.41, 5.74) is 1.01. The molecule has 1 saturated heterocycles. The molecule has 0 bridgehead atoms. The Labute approximate surface area is 152 Å². The average molecular weight is 377 g/mol. The molecule has 1 aliphatic rings. The first-order chi connectivity index (χ1) is 12.4. The Morgan fingerprint density at radius 2 is 2.08 bits per heavy atom. The van der Waals surface area contributed by atoms with Crippen molar-refractivity contribution in [3.05, 3.63) is 54.1 Å². The number of anilines is 2. The number of aromatic nitrogens is 1. The van der Waals surface area contributed by atoms with E-state index in [1.807, 2.05) is 11.8 Å². The summed E-state index contributed by atoms with van der Waals surface area (Å²) in [7, 11) is -2.98. The van der Waals surface area contributed by atoms with Crippen LogP contribution in [0.1, 0.15) is 23.8 Å². The van der Waals surface area contributed by atoms with Gasteiger partial charge in [0.1, 0.15) is 11.5 Å². The monoisotopic (exact) mass is 377 g/mol. The molecule has 3 rings (SSSR count). The van der Waals surface area contributed by atoms with Gasteiger partial charge in [-0.15, -0.1) is 0 Å². The van der Waals surface area contributed by atoms with Gasteiger partial charge in [0.25, 0.3) is 5.91 Å². The highest BCUT2D eigenvalue weighted by Gasteiger charge is 2.32. The van der Waals surface area contributed by atoms with Crippen LogP contribution in [0.2, 0.25) is 0 Å². The molecule has 1 N–H and O–H groups in total. The number of pyridine rings is 1. The van der Waals surface area contributed by atoms with E-state index in [1.54, 1.807) is 30.5 Å². The molecule has 6 nitrogen and oxygen atoms in total. The largest absolute Gasteiger partial charge is 0.367 e. The molecule has 1 aliphatic heterocycles. The number of nitrogens with zero attached hydrogens (tertiary/aromatic N) is 2. The molecular formula is C18H20FN3O3S. The molecule has 2 heterocycles. The highest BCUT2D eigenvalue weighted by atomic mass is 32.2. The van der Waals surface area contributed by atoms with Crippen LogP contribution in [0, 0.1) is 5.82 Å². The number of carbonyl (C=O) groups is 1. The van der Waals surface area contributed by atoms with Gasteiger partial charge in [-0.25, -0.2) is 17.8 Å². The van der Waals surface area contributed by atoms with Crippen molar-refractivity contribution in [2.45, 2.75) is 19.4 Å². The van der Waals surface area contributed by atoms with E-state index in [0.29, 0.717) is 13.0 Å². The van der Waals surface area contributed by atoms with Crippen molar-refractivity contribution in [3.8, 4) is 0 Å². The minimum absolute atomic E-state index is 0.0788. The number of carbonyl (C=O) groups excluding carboxylic acids is 1. The number of hydrogen-bond donors (Lipinski definition) is 1. The molecule has 1 atom stereocenters. The van der Waals surface area contributed by atoms with Crippen LogP contribution in [0.25, 0.3) is 0 Å². The summed E-state index contributed by atoms with van der Waals surface area (Å²) in [6, 6.07) is 9.12. The third-order valence-corrected chi connectivity index (χ3v) is 6.17. The molecule has 138 valence electrons. The van der Waals surface area contributed by atoms with E-state index >= 15 is 0 Å². The Morgan fingerprint density at radius 1 is 1.31 bits per heavy atom. The number of halogens is 1. The second kappa shape index (κ2) is 7.41. The van der Waals surface area contributed by atoms with Gasteiger partial charge in [0.2, 0.25) is 0 Å². The van der Waals surface area contributed by atoms with E-state index < -0.39 is 21.6 Å². The summed E-state index contributed by atoms with van der Waals surface area (Å²) in [6.07, 6.45) is 2.14. The van der Waals surface area contributed by atoms with Crippen LogP contribution in [0.3, 0.4) is 0 Å². The van der Waals surface area contributed by atoms with Crippen LogP contribution in [0.4, 0.5) is 15.8 Å². The van der Waals surface area contributed by atoms with Crippen molar-refractivity contribution in [2.24, 2.45) is 0 Å². The van der Waals surface area contributed by atoms with Crippen LogP contribution in [0.5, 0.6) is 0 Å². The molecule has 0 radical (unpaired) electrons. The fourth-order valence-corrected chi connectivity index (χ4v) is 4.84. The Kier molecular flexibility index (Phi) is 5.22. The lowest BCUT2D eigenvalue weighted by Gasteiger charge is -2.28. The average Bonchev–Trinajstić information content (AvgIpc) is 2.98. The lowest BCUT2D eigenvalue weighted by molar-refractivity contribution is 0.102. The molecule has 1 amide bonds. The van der Waals surface area contributed by atoms with Crippen LogP contribution in [-0.4, -0.2) is 43.4 Å². The number of amides is 1. The van der Waals surface area contributed by atoms with E-state index in [9.17, 15) is 17.6 Å². The first-order valence-corrected chi connectivity index (χ1v) is 10.2. The summed E-state index contributed by atoms with van der Waals surface area (Å²) in [5, 5.41) is 2.49. The van der Waals surface area contributed by atoms with Crippen molar-refractivity contribution in [3.63, 3.8) is 0 Å². The normalized spacial score (nSPS) is 18.5. The summed E-state index contributed by atoms with van der Waals surface area (Å²) in [6.45, 7) is 2.59. The topological polar surface area (TPSA) is 79.4 Å². The second-order valence-corrected chi connectivity index (χ2v) is 8.41. The fraction of sp³-hybridized carbons (Fsp3) is 0.333. The molecule has 1 aromatic heterocycles. The third kappa shape index (κ3) is 4.01. The van der Waals surface area contributed by atoms with Gasteiger partial charge in [-0.3, -0.25) is 4.79 Å². The molecule has 1 fully saturated rings. The summed E-state index contributed by atoms with van der Waals surface area (Å²) in [4.78, 5) is 18.4. The van der Waals surface area contributed by atoms with E-state index in [-0.39, 0.29) is 28.9 Å². The first-order valence-electron chi connectivity index (χ1n) is 8.38. The number of sulfone groups is 1. The summed E-state index contributed by atoms with van der Waals surface area (Å²) in [5.74, 6) is -0.689. The van der Waals surface area contributed by atoms with Crippen molar-refractivity contribution in [2.75, 3.05) is 28.3 Å². The van der Waals surface area contributed by atoms with Crippen molar-refractivity contribution < 1.29 is 17.6 Å². The van der Waals surface area contributed by atoms with Gasteiger partial charge in [0.15, 0.2) is 9.84 Å². The Bertz CT molecular complexity index is 900. The van der Waals surface area contributed by atoms with E-state index in [1.165, 1.54) is 12.1 Å². The molecule has 2 aromatic rings. The van der Waals surface area contributed by atoms with Crippen LogP contribution >= 0.6 is 0 Å². The second-order valence-electron chi connectivity index (χ2n) is 6.18.